The molecule has 0 N–H and O–H groups in total. The van der Waals surface area contributed by atoms with Crippen molar-refractivity contribution < 1.29 is 18.7 Å². The molecular formula is C22H17FN2O3. The van der Waals surface area contributed by atoms with Gasteiger partial charge in [-0.15, -0.1) is 0 Å². The summed E-state index contributed by atoms with van der Waals surface area (Å²) >= 11 is 0. The zero-order valence-corrected chi connectivity index (χ0v) is 15.0. The predicted molar refractivity (Wildman–Crippen MR) is 102 cm³/mol. The molecule has 0 unspecified atom stereocenters. The number of aromatic nitrogens is 1. The molecule has 1 amide bonds. The van der Waals surface area contributed by atoms with Crippen LogP contribution in [0.25, 0.3) is 5.57 Å². The summed E-state index contributed by atoms with van der Waals surface area (Å²) < 4.78 is 24.3. The normalized spacial score (nSPS) is 17.5. The summed E-state index contributed by atoms with van der Waals surface area (Å²) in [5.74, 6) is -0.182. The van der Waals surface area contributed by atoms with Crippen LogP contribution in [0.4, 0.5) is 10.1 Å². The minimum atomic E-state index is -0.389. The number of pyridine rings is 1. The lowest BCUT2D eigenvalue weighted by Gasteiger charge is -2.29. The third-order valence-electron chi connectivity index (χ3n) is 5.20. The Labute approximate surface area is 161 Å². The van der Waals surface area contributed by atoms with E-state index in [0.717, 1.165) is 29.6 Å². The van der Waals surface area contributed by atoms with Gasteiger partial charge in [0.1, 0.15) is 18.2 Å². The number of amides is 1. The van der Waals surface area contributed by atoms with Gasteiger partial charge in [-0.3, -0.25) is 9.78 Å². The van der Waals surface area contributed by atoms with Crippen molar-refractivity contribution in [2.24, 2.45) is 0 Å². The first-order chi connectivity index (χ1) is 13.7. The number of carbonyl (C=O) groups excluding carboxylic acids is 1. The van der Waals surface area contributed by atoms with E-state index in [2.05, 4.69) is 4.98 Å². The summed E-state index contributed by atoms with van der Waals surface area (Å²) in [6.45, 7) is 0.728. The minimum absolute atomic E-state index is 0.174. The van der Waals surface area contributed by atoms with E-state index in [0.29, 0.717) is 30.2 Å². The van der Waals surface area contributed by atoms with E-state index in [1.807, 2.05) is 12.1 Å². The second-order valence-corrected chi connectivity index (χ2v) is 6.85. The highest BCUT2D eigenvalue weighted by Gasteiger charge is 2.27. The average Bonchev–Trinajstić information content (AvgIpc) is 3.17. The molecule has 0 radical (unpaired) electrons. The maximum absolute atomic E-state index is 13.5. The summed E-state index contributed by atoms with van der Waals surface area (Å²) in [5.41, 5.74) is 5.48. The van der Waals surface area contributed by atoms with E-state index in [1.54, 1.807) is 35.9 Å². The van der Waals surface area contributed by atoms with Gasteiger partial charge >= 0.3 is 0 Å². The minimum Gasteiger partial charge on any atom is -0.489 e. The second-order valence-electron chi connectivity index (χ2n) is 6.85. The van der Waals surface area contributed by atoms with Gasteiger partial charge in [0.25, 0.3) is 5.91 Å². The third-order valence-corrected chi connectivity index (χ3v) is 5.20. The van der Waals surface area contributed by atoms with Gasteiger partial charge in [0.2, 0.25) is 0 Å². The molecule has 1 aliphatic carbocycles. The lowest BCUT2D eigenvalue weighted by molar-refractivity contribution is 0.0976. The van der Waals surface area contributed by atoms with Crippen molar-refractivity contribution in [2.75, 3.05) is 18.1 Å². The highest BCUT2D eigenvalue weighted by Crippen LogP contribution is 2.40. The first-order valence-corrected chi connectivity index (χ1v) is 9.15. The van der Waals surface area contributed by atoms with Crippen molar-refractivity contribution in [1.29, 1.82) is 0 Å². The molecule has 1 aromatic carbocycles. The van der Waals surface area contributed by atoms with E-state index in [1.165, 1.54) is 17.7 Å². The Morgan fingerprint density at radius 3 is 3.04 bits per heavy atom. The molecule has 6 heteroatoms. The van der Waals surface area contributed by atoms with E-state index in [9.17, 15) is 9.18 Å². The number of fused-ring (bicyclic) bond motifs is 2. The largest absolute Gasteiger partial charge is 0.489 e. The quantitative estimate of drug-likeness (QED) is 0.787. The van der Waals surface area contributed by atoms with Crippen molar-refractivity contribution in [3.05, 3.63) is 83.3 Å². The van der Waals surface area contributed by atoms with E-state index in [-0.39, 0.29) is 11.7 Å². The molecule has 0 fully saturated rings. The molecule has 5 rings (SSSR count). The summed E-state index contributed by atoms with van der Waals surface area (Å²) in [7, 11) is 0. The van der Waals surface area contributed by atoms with Crippen LogP contribution in [0.5, 0.6) is 5.75 Å². The van der Waals surface area contributed by atoms with Crippen molar-refractivity contribution >= 4 is 17.2 Å². The first-order valence-electron chi connectivity index (χ1n) is 9.15. The van der Waals surface area contributed by atoms with Crippen LogP contribution in [0.2, 0.25) is 0 Å². The Bertz CT molecular complexity index is 1070. The van der Waals surface area contributed by atoms with Gasteiger partial charge in [-0.25, -0.2) is 4.39 Å². The van der Waals surface area contributed by atoms with Gasteiger partial charge in [-0.2, -0.15) is 0 Å². The number of rotatable bonds is 2. The maximum atomic E-state index is 13.5. The molecule has 5 nitrogen and oxygen atoms in total. The maximum Gasteiger partial charge on any atom is 0.260 e. The molecule has 2 aromatic rings. The molecular weight excluding hydrogens is 359 g/mol. The van der Waals surface area contributed by atoms with Gasteiger partial charge in [0.15, 0.2) is 0 Å². The van der Waals surface area contributed by atoms with Gasteiger partial charge in [-0.05, 0) is 59.4 Å². The number of anilines is 1. The first kappa shape index (κ1) is 16.7. The van der Waals surface area contributed by atoms with Crippen LogP contribution in [-0.2, 0) is 4.74 Å². The molecule has 140 valence electrons. The Hall–Kier alpha value is -3.41. The van der Waals surface area contributed by atoms with Crippen LogP contribution >= 0.6 is 0 Å². The molecule has 0 spiro atoms. The second kappa shape index (κ2) is 6.64. The predicted octanol–water partition coefficient (Wildman–Crippen LogP) is 4.24. The van der Waals surface area contributed by atoms with Crippen LogP contribution in [0.15, 0.2) is 66.4 Å². The number of benzene rings is 1. The van der Waals surface area contributed by atoms with Crippen LogP contribution < -0.4 is 9.64 Å². The molecule has 3 heterocycles. The summed E-state index contributed by atoms with van der Waals surface area (Å²) in [4.78, 5) is 19.1. The highest BCUT2D eigenvalue weighted by molar-refractivity contribution is 6.07. The summed E-state index contributed by atoms with van der Waals surface area (Å²) in [6.07, 6.45) is 10.5. The van der Waals surface area contributed by atoms with Gasteiger partial charge in [0, 0.05) is 18.5 Å². The molecule has 3 aliphatic rings. The Balaban J connectivity index is 1.50. The lowest BCUT2D eigenvalue weighted by Crippen LogP contribution is -2.38. The van der Waals surface area contributed by atoms with Crippen molar-refractivity contribution in [3.8, 4) is 5.75 Å². The number of nitrogens with zero attached hydrogens (tertiary/aromatic N) is 2. The topological polar surface area (TPSA) is 51.7 Å². The van der Waals surface area contributed by atoms with Gasteiger partial charge < -0.3 is 14.4 Å². The number of carbonyl (C=O) groups is 1. The lowest BCUT2D eigenvalue weighted by atomic mass is 10.0. The molecule has 2 aliphatic heterocycles. The number of halogens is 1. The van der Waals surface area contributed by atoms with Crippen LogP contribution in [0, 0.1) is 5.82 Å². The third kappa shape index (κ3) is 2.78. The number of hydrogen-bond donors (Lipinski definition) is 0. The standard InChI is InChI=1S/C22H17FN2O3/c23-17-2-4-20-21(10-17)28-8-6-25(20)22(26)16-9-15(11-24-12-16)18-3-1-14-13-27-7-5-19(14)18/h2,4-5,7,9-13H,1,3,6,8H2. The fourth-order valence-corrected chi connectivity index (χ4v) is 3.86. The Morgan fingerprint density at radius 2 is 2.11 bits per heavy atom. The molecule has 1 aromatic heterocycles. The van der Waals surface area contributed by atoms with Crippen LogP contribution in [0.3, 0.4) is 0 Å². The molecule has 0 atom stereocenters. The van der Waals surface area contributed by atoms with Gasteiger partial charge in [-0.1, -0.05) is 0 Å². The number of allylic oxidation sites excluding steroid dienone is 4. The van der Waals surface area contributed by atoms with Crippen molar-refractivity contribution in [1.82, 2.24) is 4.98 Å². The molecule has 0 saturated carbocycles. The van der Waals surface area contributed by atoms with Gasteiger partial charge in [0.05, 0.1) is 30.3 Å². The average molecular weight is 376 g/mol. The smallest absolute Gasteiger partial charge is 0.260 e. The zero-order chi connectivity index (χ0) is 19.1. The van der Waals surface area contributed by atoms with E-state index >= 15 is 0 Å². The zero-order valence-electron chi connectivity index (χ0n) is 15.0. The fourth-order valence-electron chi connectivity index (χ4n) is 3.86. The molecule has 28 heavy (non-hydrogen) atoms. The Morgan fingerprint density at radius 1 is 1.18 bits per heavy atom. The van der Waals surface area contributed by atoms with Crippen LogP contribution in [0.1, 0.15) is 28.8 Å². The molecule has 0 saturated heterocycles. The summed E-state index contributed by atoms with van der Waals surface area (Å²) in [5, 5.41) is 0. The molecule has 0 bridgehead atoms. The summed E-state index contributed by atoms with van der Waals surface area (Å²) in [6, 6.07) is 6.09. The van der Waals surface area contributed by atoms with Crippen molar-refractivity contribution in [3.63, 3.8) is 0 Å². The van der Waals surface area contributed by atoms with E-state index < -0.39 is 0 Å². The monoisotopic (exact) mass is 376 g/mol. The van der Waals surface area contributed by atoms with E-state index in [4.69, 9.17) is 9.47 Å². The van der Waals surface area contributed by atoms with Crippen LogP contribution in [-0.4, -0.2) is 24.0 Å². The highest BCUT2D eigenvalue weighted by atomic mass is 19.1. The number of hydrogen-bond acceptors (Lipinski definition) is 4. The Kier molecular flexibility index (Phi) is 3.97. The SMILES string of the molecule is O=C(c1cncc(C2=C3C=COC=C3CC2)c1)N1CCOc2cc(F)ccc21. The fraction of sp³-hybridized carbons (Fsp3) is 0.182. The number of ether oxygens (including phenoxy) is 2. The van der Waals surface area contributed by atoms with Crippen molar-refractivity contribution in [2.45, 2.75) is 12.8 Å².